The summed E-state index contributed by atoms with van der Waals surface area (Å²) in [5.41, 5.74) is 7.14. The largest absolute Gasteiger partial charge is 0.346 e. The Morgan fingerprint density at radius 2 is 1.74 bits per heavy atom. The summed E-state index contributed by atoms with van der Waals surface area (Å²) in [6, 6.07) is 8.25. The maximum Gasteiger partial charge on any atom is 0.243 e. The number of nitrogens with one attached hydrogen (secondary N) is 3. The summed E-state index contributed by atoms with van der Waals surface area (Å²) in [6.45, 7) is 3.20. The highest BCUT2D eigenvalue weighted by molar-refractivity contribution is 5.95. The number of aromatic nitrogens is 2. The van der Waals surface area contributed by atoms with Gasteiger partial charge in [-0.1, -0.05) is 13.8 Å². The van der Waals surface area contributed by atoms with Gasteiger partial charge in [0, 0.05) is 18.1 Å². The van der Waals surface area contributed by atoms with E-state index in [1.165, 1.54) is 0 Å². The van der Waals surface area contributed by atoms with Crippen molar-refractivity contribution in [3.8, 4) is 5.69 Å². The van der Waals surface area contributed by atoms with Gasteiger partial charge in [0.05, 0.1) is 24.8 Å². The molecule has 2 rings (SSSR count). The molecule has 0 fully saturated rings. The highest BCUT2D eigenvalue weighted by Gasteiger charge is 2.17. The van der Waals surface area contributed by atoms with Gasteiger partial charge in [-0.3, -0.25) is 14.4 Å². The number of amides is 3. The van der Waals surface area contributed by atoms with Crippen LogP contribution in [0.25, 0.3) is 5.69 Å². The molecule has 9 nitrogen and oxygen atoms in total. The molecule has 5 N–H and O–H groups in total. The van der Waals surface area contributed by atoms with Crippen molar-refractivity contribution in [3.63, 3.8) is 0 Å². The zero-order chi connectivity index (χ0) is 19.8. The summed E-state index contributed by atoms with van der Waals surface area (Å²) in [6.07, 6.45) is 3.49. The van der Waals surface area contributed by atoms with E-state index in [-0.39, 0.29) is 24.9 Å². The van der Waals surface area contributed by atoms with E-state index < -0.39 is 17.9 Å². The second kappa shape index (κ2) is 9.48. The Bertz CT molecular complexity index is 771. The molecular weight excluding hydrogens is 348 g/mol. The standard InChI is InChI=1S/C18H24N6O3/c1-12(2)17(19)18(27)21-10-15(25)20-11-16(26)23-13-4-6-14(7-5-13)24-9-3-8-22-24/h3-9,12,17H,10-11,19H2,1-2H3,(H,20,25)(H,21,27)(H,23,26)/t17-/m0/s1. The molecule has 2 aromatic rings. The molecule has 1 atom stereocenters. The Balaban J connectivity index is 1.72. The van der Waals surface area contributed by atoms with Gasteiger partial charge in [0.25, 0.3) is 0 Å². The van der Waals surface area contributed by atoms with Gasteiger partial charge in [-0.05, 0) is 36.2 Å². The summed E-state index contributed by atoms with van der Waals surface area (Å²) in [4.78, 5) is 35.3. The van der Waals surface area contributed by atoms with Crippen molar-refractivity contribution >= 4 is 23.4 Å². The third kappa shape index (κ3) is 6.23. The lowest BCUT2D eigenvalue weighted by Gasteiger charge is -2.15. The van der Waals surface area contributed by atoms with Crippen LogP contribution in [0, 0.1) is 5.92 Å². The fraction of sp³-hybridized carbons (Fsp3) is 0.333. The molecule has 0 spiro atoms. The van der Waals surface area contributed by atoms with Crippen molar-refractivity contribution < 1.29 is 14.4 Å². The maximum absolute atomic E-state index is 11.9. The van der Waals surface area contributed by atoms with Crippen molar-refractivity contribution in [2.45, 2.75) is 19.9 Å². The van der Waals surface area contributed by atoms with Crippen molar-refractivity contribution in [2.24, 2.45) is 11.7 Å². The predicted octanol–water partition coefficient (Wildman–Crippen LogP) is 0.0265. The zero-order valence-electron chi connectivity index (χ0n) is 15.3. The number of nitrogens with two attached hydrogens (primary N) is 1. The number of rotatable bonds is 8. The van der Waals surface area contributed by atoms with Crippen LogP contribution in [0.3, 0.4) is 0 Å². The number of carbonyl (C=O) groups is 3. The quantitative estimate of drug-likeness (QED) is 0.519. The van der Waals surface area contributed by atoms with E-state index in [0.29, 0.717) is 5.69 Å². The van der Waals surface area contributed by atoms with Crippen molar-refractivity contribution in [1.29, 1.82) is 0 Å². The van der Waals surface area contributed by atoms with E-state index in [9.17, 15) is 14.4 Å². The Morgan fingerprint density at radius 3 is 2.33 bits per heavy atom. The number of hydrogen-bond acceptors (Lipinski definition) is 5. The maximum atomic E-state index is 11.9. The summed E-state index contributed by atoms with van der Waals surface area (Å²) in [5.74, 6) is -1.27. The third-order valence-corrected chi connectivity index (χ3v) is 3.81. The van der Waals surface area contributed by atoms with Crippen LogP contribution in [0.5, 0.6) is 0 Å². The minimum Gasteiger partial charge on any atom is -0.346 e. The van der Waals surface area contributed by atoms with Crippen LogP contribution in [0.1, 0.15) is 13.8 Å². The second-order valence-electron chi connectivity index (χ2n) is 6.31. The van der Waals surface area contributed by atoms with E-state index in [1.807, 2.05) is 38.2 Å². The first kappa shape index (κ1) is 20.1. The van der Waals surface area contributed by atoms with Crippen molar-refractivity contribution in [1.82, 2.24) is 20.4 Å². The first-order chi connectivity index (χ1) is 12.9. The Labute approximate surface area is 157 Å². The average molecular weight is 372 g/mol. The summed E-state index contributed by atoms with van der Waals surface area (Å²) in [5, 5.41) is 11.7. The van der Waals surface area contributed by atoms with E-state index in [1.54, 1.807) is 23.0 Å². The molecule has 0 radical (unpaired) electrons. The summed E-state index contributed by atoms with van der Waals surface area (Å²) in [7, 11) is 0. The van der Waals surface area contributed by atoms with E-state index in [0.717, 1.165) is 5.69 Å². The molecule has 0 saturated carbocycles. The average Bonchev–Trinajstić information content (AvgIpc) is 3.19. The van der Waals surface area contributed by atoms with Gasteiger partial charge in [-0.25, -0.2) is 4.68 Å². The van der Waals surface area contributed by atoms with Crippen molar-refractivity contribution in [3.05, 3.63) is 42.7 Å². The fourth-order valence-corrected chi connectivity index (χ4v) is 2.15. The van der Waals surface area contributed by atoms with Gasteiger partial charge in [-0.15, -0.1) is 0 Å². The molecule has 0 aliphatic carbocycles. The van der Waals surface area contributed by atoms with Crippen LogP contribution in [0.2, 0.25) is 0 Å². The smallest absolute Gasteiger partial charge is 0.243 e. The van der Waals surface area contributed by atoms with Crippen LogP contribution < -0.4 is 21.7 Å². The SMILES string of the molecule is CC(C)[C@H](N)C(=O)NCC(=O)NCC(=O)Nc1ccc(-n2cccn2)cc1. The molecule has 0 aliphatic heterocycles. The molecule has 3 amide bonds. The lowest BCUT2D eigenvalue weighted by Crippen LogP contribution is -2.47. The van der Waals surface area contributed by atoms with Crippen molar-refractivity contribution in [2.75, 3.05) is 18.4 Å². The van der Waals surface area contributed by atoms with Crippen LogP contribution in [0.4, 0.5) is 5.69 Å². The van der Waals surface area contributed by atoms with Gasteiger partial charge in [-0.2, -0.15) is 5.10 Å². The third-order valence-electron chi connectivity index (χ3n) is 3.81. The molecule has 0 unspecified atom stereocenters. The van der Waals surface area contributed by atoms with Gasteiger partial charge in [0.1, 0.15) is 0 Å². The molecule has 27 heavy (non-hydrogen) atoms. The van der Waals surface area contributed by atoms with E-state index >= 15 is 0 Å². The minimum absolute atomic E-state index is 0.0291. The molecule has 0 aliphatic rings. The highest BCUT2D eigenvalue weighted by Crippen LogP contribution is 2.12. The van der Waals surface area contributed by atoms with Crippen LogP contribution in [-0.4, -0.2) is 46.6 Å². The molecule has 0 bridgehead atoms. The van der Waals surface area contributed by atoms with Crippen LogP contribution in [-0.2, 0) is 14.4 Å². The molecular formula is C18H24N6O3. The van der Waals surface area contributed by atoms with Crippen LogP contribution >= 0.6 is 0 Å². The Kier molecular flexibility index (Phi) is 7.07. The summed E-state index contributed by atoms with van der Waals surface area (Å²) < 4.78 is 1.70. The van der Waals surface area contributed by atoms with Crippen LogP contribution in [0.15, 0.2) is 42.7 Å². The predicted molar refractivity (Wildman–Crippen MR) is 101 cm³/mol. The zero-order valence-corrected chi connectivity index (χ0v) is 15.3. The van der Waals surface area contributed by atoms with Gasteiger partial charge < -0.3 is 21.7 Å². The molecule has 9 heteroatoms. The topological polar surface area (TPSA) is 131 Å². The molecule has 144 valence electrons. The highest BCUT2D eigenvalue weighted by atomic mass is 16.2. The van der Waals surface area contributed by atoms with E-state index in [2.05, 4.69) is 21.0 Å². The molecule has 1 aromatic heterocycles. The number of hydrogen-bond donors (Lipinski definition) is 4. The monoisotopic (exact) mass is 372 g/mol. The number of anilines is 1. The van der Waals surface area contributed by atoms with Gasteiger partial charge in [0.15, 0.2) is 0 Å². The minimum atomic E-state index is -0.675. The number of benzene rings is 1. The fourth-order valence-electron chi connectivity index (χ4n) is 2.15. The first-order valence-electron chi connectivity index (χ1n) is 8.56. The van der Waals surface area contributed by atoms with Gasteiger partial charge >= 0.3 is 0 Å². The lowest BCUT2D eigenvalue weighted by atomic mass is 10.1. The number of carbonyl (C=O) groups excluding carboxylic acids is 3. The normalized spacial score (nSPS) is 11.7. The molecule has 1 heterocycles. The summed E-state index contributed by atoms with van der Waals surface area (Å²) >= 11 is 0. The first-order valence-corrected chi connectivity index (χ1v) is 8.56. The van der Waals surface area contributed by atoms with Gasteiger partial charge in [0.2, 0.25) is 17.7 Å². The molecule has 1 aromatic carbocycles. The molecule has 0 saturated heterocycles. The Morgan fingerprint density at radius 1 is 1.07 bits per heavy atom. The number of nitrogens with zero attached hydrogens (tertiary/aromatic N) is 2. The van der Waals surface area contributed by atoms with E-state index in [4.69, 9.17) is 5.73 Å². The Hall–Kier alpha value is -3.20. The second-order valence-corrected chi connectivity index (χ2v) is 6.31. The lowest BCUT2D eigenvalue weighted by molar-refractivity contribution is -0.127.